The highest BCUT2D eigenvalue weighted by atomic mass is 32.2. The molecule has 13 heavy (non-hydrogen) atoms. The Kier molecular flexibility index (Phi) is 3.10. The second kappa shape index (κ2) is 3.77. The summed E-state index contributed by atoms with van der Waals surface area (Å²) < 4.78 is 24.0. The van der Waals surface area contributed by atoms with E-state index in [0.717, 1.165) is 6.54 Å². The molecule has 0 unspecified atom stereocenters. The molecule has 1 saturated heterocycles. The molecule has 0 aromatic carbocycles. The molecule has 1 rings (SSSR count). The number of sulfonamides is 1. The third kappa shape index (κ3) is 2.52. The molecule has 1 fully saturated rings. The molecule has 0 radical (unpaired) electrons. The topological polar surface area (TPSA) is 40.6 Å². The molecule has 0 aliphatic carbocycles. The van der Waals surface area contributed by atoms with Gasteiger partial charge in [-0.05, 0) is 7.05 Å². The zero-order valence-corrected chi connectivity index (χ0v) is 8.92. The highest BCUT2D eigenvalue weighted by Gasteiger charge is 2.27. The van der Waals surface area contributed by atoms with Gasteiger partial charge in [0.05, 0.1) is 6.26 Å². The van der Waals surface area contributed by atoms with Gasteiger partial charge in [-0.15, -0.1) is 6.58 Å². The molecule has 0 N–H and O–H groups in total. The minimum absolute atomic E-state index is 0.142. The zero-order chi connectivity index (χ0) is 10.1. The molecular weight excluding hydrogens is 188 g/mol. The van der Waals surface area contributed by atoms with Crippen LogP contribution < -0.4 is 0 Å². The van der Waals surface area contributed by atoms with Crippen molar-refractivity contribution in [3.05, 3.63) is 12.7 Å². The van der Waals surface area contributed by atoms with Gasteiger partial charge in [-0.2, -0.15) is 4.31 Å². The van der Waals surface area contributed by atoms with Crippen molar-refractivity contribution in [1.29, 1.82) is 0 Å². The highest BCUT2D eigenvalue weighted by molar-refractivity contribution is 7.88. The van der Waals surface area contributed by atoms with Gasteiger partial charge in [-0.3, -0.25) is 4.90 Å². The van der Waals surface area contributed by atoms with Crippen molar-refractivity contribution >= 4 is 10.0 Å². The minimum atomic E-state index is -3.03. The van der Waals surface area contributed by atoms with Crippen molar-refractivity contribution in [2.24, 2.45) is 0 Å². The van der Waals surface area contributed by atoms with Gasteiger partial charge in [-0.25, -0.2) is 8.42 Å². The van der Waals surface area contributed by atoms with Crippen LogP contribution in [-0.4, -0.2) is 56.6 Å². The quantitative estimate of drug-likeness (QED) is 0.582. The average Bonchev–Trinajstić information content (AvgIpc) is 2.03. The van der Waals surface area contributed by atoms with Gasteiger partial charge in [-0.1, -0.05) is 6.08 Å². The van der Waals surface area contributed by atoms with E-state index in [4.69, 9.17) is 0 Å². The van der Waals surface area contributed by atoms with Gasteiger partial charge >= 0.3 is 0 Å². The Morgan fingerprint density at radius 1 is 1.46 bits per heavy atom. The molecule has 0 spiro atoms. The van der Waals surface area contributed by atoms with E-state index in [1.807, 2.05) is 7.05 Å². The standard InChI is InChI=1S/C8H16N2O2S/c1-4-8-7-10(13(3,11)12)6-5-9(8)2/h4,8H,1,5-7H2,2-3H3/t8-/m1/s1. The van der Waals surface area contributed by atoms with Crippen molar-refractivity contribution in [2.45, 2.75) is 6.04 Å². The maximum absolute atomic E-state index is 11.2. The van der Waals surface area contributed by atoms with Crippen LogP contribution in [0.4, 0.5) is 0 Å². The maximum Gasteiger partial charge on any atom is 0.211 e. The molecule has 0 bridgehead atoms. The number of likely N-dealkylation sites (N-methyl/N-ethyl adjacent to an activating group) is 1. The molecule has 0 aromatic heterocycles. The van der Waals surface area contributed by atoms with Crippen molar-refractivity contribution in [1.82, 2.24) is 9.21 Å². The Bertz CT molecular complexity index is 287. The lowest BCUT2D eigenvalue weighted by atomic mass is 10.2. The number of hydrogen-bond donors (Lipinski definition) is 0. The molecule has 1 atom stereocenters. The molecule has 76 valence electrons. The van der Waals surface area contributed by atoms with Crippen molar-refractivity contribution < 1.29 is 8.42 Å². The van der Waals surface area contributed by atoms with Crippen LogP contribution in [-0.2, 0) is 10.0 Å². The van der Waals surface area contributed by atoms with Gasteiger partial charge in [0.25, 0.3) is 0 Å². The lowest BCUT2D eigenvalue weighted by Gasteiger charge is -2.36. The van der Waals surface area contributed by atoms with Crippen molar-refractivity contribution in [3.8, 4) is 0 Å². The first-order chi connectivity index (χ1) is 5.95. The van der Waals surface area contributed by atoms with Gasteiger partial charge in [0.2, 0.25) is 10.0 Å². The number of rotatable bonds is 2. The summed E-state index contributed by atoms with van der Waals surface area (Å²) in [5.41, 5.74) is 0. The predicted molar refractivity (Wildman–Crippen MR) is 53.0 cm³/mol. The van der Waals surface area contributed by atoms with Crippen LogP contribution in [0.1, 0.15) is 0 Å². The van der Waals surface area contributed by atoms with Crippen LogP contribution in [0, 0.1) is 0 Å². The molecule has 1 aliphatic rings. The van der Waals surface area contributed by atoms with Gasteiger partial charge in [0.15, 0.2) is 0 Å². The Labute approximate surface area is 79.9 Å². The van der Waals surface area contributed by atoms with Gasteiger partial charge in [0, 0.05) is 25.7 Å². The smallest absolute Gasteiger partial charge is 0.211 e. The Balaban J connectivity index is 2.71. The molecule has 0 amide bonds. The number of piperazine rings is 1. The van der Waals surface area contributed by atoms with E-state index in [9.17, 15) is 8.42 Å². The molecule has 1 heterocycles. The number of nitrogens with zero attached hydrogens (tertiary/aromatic N) is 2. The minimum Gasteiger partial charge on any atom is -0.297 e. The largest absolute Gasteiger partial charge is 0.297 e. The Hall–Kier alpha value is -0.390. The summed E-state index contributed by atoms with van der Waals surface area (Å²) in [5.74, 6) is 0. The SMILES string of the molecule is C=C[C@@H]1CN(S(C)(=O)=O)CCN1C. The van der Waals surface area contributed by atoms with E-state index in [2.05, 4.69) is 11.5 Å². The van der Waals surface area contributed by atoms with Gasteiger partial charge < -0.3 is 0 Å². The van der Waals surface area contributed by atoms with Crippen LogP contribution in [0.15, 0.2) is 12.7 Å². The molecule has 0 aromatic rings. The molecule has 4 nitrogen and oxygen atoms in total. The van der Waals surface area contributed by atoms with Crippen molar-refractivity contribution in [2.75, 3.05) is 32.9 Å². The zero-order valence-electron chi connectivity index (χ0n) is 8.10. The maximum atomic E-state index is 11.2. The van der Waals surface area contributed by atoms with Crippen LogP contribution in [0.2, 0.25) is 0 Å². The van der Waals surface area contributed by atoms with Crippen LogP contribution in [0.5, 0.6) is 0 Å². The first-order valence-electron chi connectivity index (χ1n) is 4.23. The summed E-state index contributed by atoms with van der Waals surface area (Å²) in [6.45, 7) is 5.57. The predicted octanol–water partition coefficient (Wildman–Crippen LogP) is -0.252. The lowest BCUT2D eigenvalue weighted by Crippen LogP contribution is -2.52. The van der Waals surface area contributed by atoms with E-state index >= 15 is 0 Å². The number of hydrogen-bond acceptors (Lipinski definition) is 3. The second-order valence-corrected chi connectivity index (χ2v) is 5.39. The van der Waals surface area contributed by atoms with E-state index in [0.29, 0.717) is 13.1 Å². The van der Waals surface area contributed by atoms with Crippen molar-refractivity contribution in [3.63, 3.8) is 0 Å². The average molecular weight is 204 g/mol. The molecule has 0 saturated carbocycles. The summed E-state index contributed by atoms with van der Waals surface area (Å²) >= 11 is 0. The van der Waals surface area contributed by atoms with E-state index < -0.39 is 10.0 Å². The van der Waals surface area contributed by atoms with E-state index in [1.165, 1.54) is 10.6 Å². The summed E-state index contributed by atoms with van der Waals surface area (Å²) in [7, 11) is -1.06. The first kappa shape index (κ1) is 10.7. The normalized spacial score (nSPS) is 27.4. The van der Waals surface area contributed by atoms with Crippen LogP contribution >= 0.6 is 0 Å². The Morgan fingerprint density at radius 3 is 2.54 bits per heavy atom. The molecular formula is C8H16N2O2S. The Morgan fingerprint density at radius 2 is 2.08 bits per heavy atom. The highest BCUT2D eigenvalue weighted by Crippen LogP contribution is 2.10. The molecule has 5 heteroatoms. The van der Waals surface area contributed by atoms with E-state index in [1.54, 1.807) is 6.08 Å². The summed E-state index contributed by atoms with van der Waals surface area (Å²) in [6, 6.07) is 0.142. The summed E-state index contributed by atoms with van der Waals surface area (Å²) in [5, 5.41) is 0. The lowest BCUT2D eigenvalue weighted by molar-refractivity contribution is 0.178. The van der Waals surface area contributed by atoms with Crippen LogP contribution in [0.3, 0.4) is 0 Å². The first-order valence-corrected chi connectivity index (χ1v) is 6.08. The molecule has 1 aliphatic heterocycles. The third-order valence-electron chi connectivity index (χ3n) is 2.40. The monoisotopic (exact) mass is 204 g/mol. The third-order valence-corrected chi connectivity index (χ3v) is 3.67. The summed E-state index contributed by atoms with van der Waals surface area (Å²) in [4.78, 5) is 2.11. The van der Waals surface area contributed by atoms with E-state index in [-0.39, 0.29) is 6.04 Å². The second-order valence-electron chi connectivity index (χ2n) is 3.40. The fraction of sp³-hybridized carbons (Fsp3) is 0.750. The fourth-order valence-corrected chi connectivity index (χ4v) is 2.27. The summed E-state index contributed by atoms with van der Waals surface area (Å²) in [6.07, 6.45) is 3.04. The fourth-order valence-electron chi connectivity index (χ4n) is 1.43. The van der Waals surface area contributed by atoms with Gasteiger partial charge in [0.1, 0.15) is 0 Å². The van der Waals surface area contributed by atoms with Crippen LogP contribution in [0.25, 0.3) is 0 Å².